The summed E-state index contributed by atoms with van der Waals surface area (Å²) in [5.74, 6) is 1.62. The summed E-state index contributed by atoms with van der Waals surface area (Å²) >= 11 is 0. The maximum Gasteiger partial charge on any atom is 0.320 e. The number of amides is 2. The zero-order valence-electron chi connectivity index (χ0n) is 27.3. The average Bonchev–Trinajstić information content (AvgIpc) is 3.65. The fourth-order valence-corrected chi connectivity index (χ4v) is 6.38. The molecular weight excluding hydrogens is 576 g/mol. The first-order chi connectivity index (χ1) is 22.0. The van der Waals surface area contributed by atoms with Gasteiger partial charge in [-0.15, -0.1) is 0 Å². The van der Waals surface area contributed by atoms with Gasteiger partial charge in [-0.1, -0.05) is 62.7 Å². The predicted molar refractivity (Wildman–Crippen MR) is 180 cm³/mol. The molecule has 4 aromatic rings. The van der Waals surface area contributed by atoms with Gasteiger partial charge in [0.1, 0.15) is 29.0 Å². The number of likely N-dealkylation sites (tertiary alicyclic amines) is 1. The largest absolute Gasteiger partial charge is 0.484 e. The lowest BCUT2D eigenvalue weighted by Crippen LogP contribution is -2.40. The number of carbonyl (C=O) groups excluding carboxylic acids is 1. The molecule has 6 rings (SSSR count). The Morgan fingerprint density at radius 2 is 1.74 bits per heavy atom. The maximum absolute atomic E-state index is 13.5. The van der Waals surface area contributed by atoms with E-state index in [4.69, 9.17) is 20.7 Å². The number of pyridine rings is 1. The Morgan fingerprint density at radius 1 is 1.00 bits per heavy atom. The van der Waals surface area contributed by atoms with E-state index in [2.05, 4.69) is 42.4 Å². The quantitative estimate of drug-likeness (QED) is 0.146. The lowest BCUT2D eigenvalue weighted by molar-refractivity contribution is 0.171. The molecule has 0 spiro atoms. The zero-order chi connectivity index (χ0) is 32.6. The molecule has 240 valence electrons. The molecule has 2 aromatic heterocycles. The van der Waals surface area contributed by atoms with E-state index in [1.54, 1.807) is 27.6 Å². The van der Waals surface area contributed by atoms with E-state index in [1.165, 1.54) is 0 Å². The van der Waals surface area contributed by atoms with Gasteiger partial charge in [-0.2, -0.15) is 5.10 Å². The van der Waals surface area contributed by atoms with Crippen molar-refractivity contribution < 1.29 is 9.53 Å². The van der Waals surface area contributed by atoms with Gasteiger partial charge in [-0.05, 0) is 81.6 Å². The summed E-state index contributed by atoms with van der Waals surface area (Å²) in [5.41, 5.74) is 5.03. The first-order valence-corrected chi connectivity index (χ1v) is 16.0. The second-order valence-corrected chi connectivity index (χ2v) is 13.5. The molecule has 10 nitrogen and oxygen atoms in total. The fourth-order valence-electron chi connectivity index (χ4n) is 6.38. The number of aromatic nitrogens is 3. The minimum absolute atomic E-state index is 0.00619. The van der Waals surface area contributed by atoms with Crippen molar-refractivity contribution in [3.63, 3.8) is 0 Å². The van der Waals surface area contributed by atoms with E-state index in [0.717, 1.165) is 47.5 Å². The molecule has 1 saturated heterocycles. The van der Waals surface area contributed by atoms with Crippen molar-refractivity contribution in [2.24, 2.45) is 0 Å². The number of nitrogens with one attached hydrogen (secondary N) is 4. The normalized spacial score (nSPS) is 19.8. The summed E-state index contributed by atoms with van der Waals surface area (Å²) in [7, 11) is 2.03. The number of rotatable bonds is 6. The highest BCUT2D eigenvalue weighted by Crippen LogP contribution is 2.39. The lowest BCUT2D eigenvalue weighted by Gasteiger charge is -2.32. The van der Waals surface area contributed by atoms with Crippen LogP contribution in [0.2, 0.25) is 0 Å². The van der Waals surface area contributed by atoms with E-state index < -0.39 is 0 Å². The summed E-state index contributed by atoms with van der Waals surface area (Å²) in [4.78, 5) is 15.7. The summed E-state index contributed by atoms with van der Waals surface area (Å²) in [6.07, 6.45) is 4.90. The van der Waals surface area contributed by atoms with Crippen LogP contribution in [0.4, 0.5) is 10.6 Å². The van der Waals surface area contributed by atoms with Crippen LogP contribution in [0.3, 0.4) is 0 Å². The van der Waals surface area contributed by atoms with Crippen LogP contribution in [0.25, 0.3) is 5.69 Å². The van der Waals surface area contributed by atoms with Gasteiger partial charge >= 0.3 is 6.03 Å². The Balaban J connectivity index is 1.19. The molecule has 46 heavy (non-hydrogen) atoms. The Kier molecular flexibility index (Phi) is 8.57. The van der Waals surface area contributed by atoms with Crippen LogP contribution in [-0.4, -0.2) is 50.7 Å². The molecule has 2 amide bonds. The molecule has 3 atom stereocenters. The van der Waals surface area contributed by atoms with Crippen molar-refractivity contribution >= 4 is 17.7 Å². The van der Waals surface area contributed by atoms with Gasteiger partial charge in [0.25, 0.3) is 0 Å². The number of ether oxygens (including phenoxy) is 1. The molecule has 2 aromatic carbocycles. The lowest BCUT2D eigenvalue weighted by atomic mass is 9.85. The molecule has 0 radical (unpaired) electrons. The van der Waals surface area contributed by atoms with Crippen LogP contribution in [0.5, 0.6) is 5.75 Å². The molecule has 3 heterocycles. The predicted octanol–water partition coefficient (Wildman–Crippen LogP) is 6.46. The highest BCUT2D eigenvalue weighted by atomic mass is 16.5. The van der Waals surface area contributed by atoms with E-state index in [9.17, 15) is 4.79 Å². The first-order valence-electron chi connectivity index (χ1n) is 16.0. The van der Waals surface area contributed by atoms with Crippen LogP contribution >= 0.6 is 0 Å². The van der Waals surface area contributed by atoms with Gasteiger partial charge < -0.3 is 10.1 Å². The van der Waals surface area contributed by atoms with Gasteiger partial charge in [-0.3, -0.25) is 25.6 Å². The molecule has 0 bridgehead atoms. The number of fused-ring (bicyclic) bond motifs is 1. The minimum atomic E-state index is -0.296. The summed E-state index contributed by atoms with van der Waals surface area (Å²) in [6, 6.07) is 21.1. The van der Waals surface area contributed by atoms with Crippen LogP contribution < -0.4 is 20.9 Å². The summed E-state index contributed by atoms with van der Waals surface area (Å²) < 4.78 is 9.93. The van der Waals surface area contributed by atoms with Crippen LogP contribution in [-0.2, 0) is 5.41 Å². The standard InChI is InChI=1S/C36H44N8O2/c1-23-12-14-24(15-13-23)44-33(21-31(41-44)36(2,3)4)40-35(45)39-28-17-18-30(27-10-7-6-9-26(27)28)46-25-16-19-32(37)43(22-25)34(38)29-11-8-20-42(29)5/h6-7,9-10,12-16,19,21-22,28-30,37-38H,8,11,17-18,20H2,1-5H3,(H2,39,40,45)/t28-,29-,30-/m0/s1. The first kappa shape index (κ1) is 31.3. The highest BCUT2D eigenvalue weighted by molar-refractivity contribution is 5.89. The molecule has 0 saturated carbocycles. The number of nitrogens with zero attached hydrogens (tertiary/aromatic N) is 4. The third kappa shape index (κ3) is 6.48. The third-order valence-corrected chi connectivity index (χ3v) is 9.03. The number of urea groups is 1. The molecule has 10 heteroatoms. The Hall–Kier alpha value is -4.70. The Labute approximate surface area is 270 Å². The molecule has 1 fully saturated rings. The third-order valence-electron chi connectivity index (χ3n) is 9.03. The van der Waals surface area contributed by atoms with Crippen LogP contribution in [0.15, 0.2) is 72.9 Å². The number of hydrogen-bond donors (Lipinski definition) is 4. The van der Waals surface area contributed by atoms with Crippen molar-refractivity contribution in [2.45, 2.75) is 77.0 Å². The van der Waals surface area contributed by atoms with E-state index >= 15 is 0 Å². The Morgan fingerprint density at radius 3 is 2.43 bits per heavy atom. The molecule has 1 aliphatic carbocycles. The molecule has 1 aliphatic heterocycles. The number of likely N-dealkylation sites (N-methyl/N-ethyl adjacent to an activating group) is 1. The number of hydrogen-bond acceptors (Lipinski definition) is 6. The van der Waals surface area contributed by atoms with Crippen molar-refractivity contribution in [1.29, 1.82) is 10.8 Å². The second-order valence-electron chi connectivity index (χ2n) is 13.5. The molecule has 2 aliphatic rings. The van der Waals surface area contributed by atoms with Gasteiger partial charge in [0, 0.05) is 11.5 Å². The van der Waals surface area contributed by atoms with Gasteiger partial charge in [-0.25, -0.2) is 9.48 Å². The van der Waals surface area contributed by atoms with Crippen molar-refractivity contribution in [3.05, 3.63) is 101 Å². The van der Waals surface area contributed by atoms with E-state index in [0.29, 0.717) is 30.2 Å². The van der Waals surface area contributed by atoms with E-state index in [1.807, 2.05) is 62.5 Å². The Bertz CT molecular complexity index is 1800. The molecule has 4 N–H and O–H groups in total. The van der Waals surface area contributed by atoms with Gasteiger partial charge in [0.2, 0.25) is 0 Å². The number of carbonyl (C=O) groups is 1. The highest BCUT2D eigenvalue weighted by Gasteiger charge is 2.31. The monoisotopic (exact) mass is 620 g/mol. The fraction of sp³-hybridized carbons (Fsp3) is 0.389. The number of benzene rings is 2. The summed E-state index contributed by atoms with van der Waals surface area (Å²) in [6.45, 7) is 9.32. The maximum atomic E-state index is 13.5. The van der Waals surface area contributed by atoms with Crippen molar-refractivity contribution in [3.8, 4) is 11.4 Å². The zero-order valence-corrected chi connectivity index (χ0v) is 27.3. The SMILES string of the molecule is Cc1ccc(-n2nc(C(C)(C)C)cc2NC(=O)N[C@H]2CC[C@H](Oc3ccc(=N)n(C(=N)[C@@H]4CCCN4C)c3)c3ccccc32)cc1. The molecular formula is C36H44N8O2. The second kappa shape index (κ2) is 12.6. The van der Waals surface area contributed by atoms with E-state index in [-0.39, 0.29) is 35.1 Å². The van der Waals surface area contributed by atoms with Crippen LogP contribution in [0, 0.1) is 17.7 Å². The number of aryl methyl sites for hydroxylation is 1. The van der Waals surface area contributed by atoms with Crippen LogP contribution in [0.1, 0.15) is 81.0 Å². The number of anilines is 1. The van der Waals surface area contributed by atoms with Crippen molar-refractivity contribution in [1.82, 2.24) is 24.6 Å². The smallest absolute Gasteiger partial charge is 0.320 e. The topological polar surface area (TPSA) is 124 Å². The van der Waals surface area contributed by atoms with Crippen molar-refractivity contribution in [2.75, 3.05) is 18.9 Å². The molecule has 0 unspecified atom stereocenters. The summed E-state index contributed by atoms with van der Waals surface area (Å²) in [5, 5.41) is 28.3. The minimum Gasteiger partial charge on any atom is -0.484 e. The van der Waals surface area contributed by atoms with Gasteiger partial charge in [0.05, 0.1) is 29.7 Å². The van der Waals surface area contributed by atoms with Gasteiger partial charge in [0.15, 0.2) is 0 Å². The average molecular weight is 621 g/mol.